The van der Waals surface area contributed by atoms with Gasteiger partial charge in [0.2, 0.25) is 0 Å². The van der Waals surface area contributed by atoms with E-state index in [1.807, 2.05) is 6.07 Å². The Kier molecular flexibility index (Phi) is 3.21. The Morgan fingerprint density at radius 2 is 2.25 bits per heavy atom. The molecule has 0 spiro atoms. The summed E-state index contributed by atoms with van der Waals surface area (Å²) in [6.45, 7) is 2.13. The van der Waals surface area contributed by atoms with Gasteiger partial charge in [-0.15, -0.1) is 0 Å². The van der Waals surface area contributed by atoms with Crippen molar-refractivity contribution in [1.82, 2.24) is 4.98 Å². The molecule has 1 aromatic heterocycles. The first-order valence-electron chi connectivity index (χ1n) is 4.76. The predicted octanol–water partition coefficient (Wildman–Crippen LogP) is 3.76. The predicted molar refractivity (Wildman–Crippen MR) is 67.0 cm³/mol. The summed E-state index contributed by atoms with van der Waals surface area (Å²) < 4.78 is 5.69. The number of hydrogen-bond donors (Lipinski definition) is 1. The van der Waals surface area contributed by atoms with Crippen LogP contribution in [0.25, 0.3) is 10.9 Å². The van der Waals surface area contributed by atoms with E-state index in [2.05, 4.69) is 20.9 Å². The Hall–Kier alpha value is -1.00. The summed E-state index contributed by atoms with van der Waals surface area (Å²) in [4.78, 5) is 14.5. The van der Waals surface area contributed by atoms with Crippen molar-refractivity contribution in [3.8, 4) is 0 Å². The van der Waals surface area contributed by atoms with Crippen LogP contribution in [0.4, 0.5) is 0 Å². The maximum Gasteiger partial charge on any atom is 0.354 e. The van der Waals surface area contributed by atoms with Crippen LogP contribution in [-0.2, 0) is 4.74 Å². The number of rotatable bonds is 2. The van der Waals surface area contributed by atoms with E-state index in [1.165, 1.54) is 0 Å². The summed E-state index contributed by atoms with van der Waals surface area (Å²) in [5.41, 5.74) is 1.28. The number of esters is 1. The van der Waals surface area contributed by atoms with Gasteiger partial charge in [-0.2, -0.15) is 0 Å². The highest BCUT2D eigenvalue weighted by Crippen LogP contribution is 2.28. The molecule has 2 rings (SSSR count). The molecule has 0 aliphatic heterocycles. The normalized spacial score (nSPS) is 10.7. The standard InChI is InChI=1S/C11H9BrClNO2/c1-2-16-11(15)10-4-6-3-8(13)7(12)5-9(6)14-10/h3-5,14H,2H2,1H3. The van der Waals surface area contributed by atoms with Crippen LogP contribution in [-0.4, -0.2) is 17.6 Å². The van der Waals surface area contributed by atoms with Gasteiger partial charge in [0.15, 0.2) is 0 Å². The highest BCUT2D eigenvalue weighted by atomic mass is 79.9. The van der Waals surface area contributed by atoms with Gasteiger partial charge < -0.3 is 9.72 Å². The molecule has 16 heavy (non-hydrogen) atoms. The average Bonchev–Trinajstić information content (AvgIpc) is 2.62. The van der Waals surface area contributed by atoms with Crippen molar-refractivity contribution in [3.05, 3.63) is 33.4 Å². The molecule has 1 heterocycles. The minimum absolute atomic E-state index is 0.356. The molecule has 1 aromatic carbocycles. The molecule has 0 fully saturated rings. The Balaban J connectivity index is 2.48. The fourth-order valence-electron chi connectivity index (χ4n) is 1.45. The zero-order valence-electron chi connectivity index (χ0n) is 8.51. The lowest BCUT2D eigenvalue weighted by atomic mass is 10.2. The van der Waals surface area contributed by atoms with E-state index >= 15 is 0 Å². The number of fused-ring (bicyclic) bond motifs is 1. The second-order valence-corrected chi connectivity index (χ2v) is 4.52. The molecule has 3 nitrogen and oxygen atoms in total. The third-order valence-corrected chi connectivity index (χ3v) is 3.35. The number of aromatic nitrogens is 1. The second-order valence-electron chi connectivity index (χ2n) is 3.26. The molecule has 1 N–H and O–H groups in total. The minimum atomic E-state index is -0.356. The molecule has 2 aromatic rings. The maximum absolute atomic E-state index is 11.5. The van der Waals surface area contributed by atoms with Gasteiger partial charge in [-0.25, -0.2) is 4.79 Å². The summed E-state index contributed by atoms with van der Waals surface area (Å²) in [6.07, 6.45) is 0. The number of H-pyrrole nitrogens is 1. The summed E-state index contributed by atoms with van der Waals surface area (Å²) in [7, 11) is 0. The van der Waals surface area contributed by atoms with Gasteiger partial charge in [0, 0.05) is 15.4 Å². The first kappa shape index (κ1) is 11.5. The number of ether oxygens (including phenoxy) is 1. The van der Waals surface area contributed by atoms with Crippen LogP contribution in [0.15, 0.2) is 22.7 Å². The molecule has 0 aliphatic rings. The number of halogens is 2. The Bertz CT molecular complexity index is 511. The Labute approximate surface area is 106 Å². The van der Waals surface area contributed by atoms with Crippen molar-refractivity contribution in [2.45, 2.75) is 6.92 Å². The topological polar surface area (TPSA) is 42.1 Å². The van der Waals surface area contributed by atoms with Crippen LogP contribution in [0.2, 0.25) is 5.02 Å². The van der Waals surface area contributed by atoms with Gasteiger partial charge in [0.1, 0.15) is 5.69 Å². The lowest BCUT2D eigenvalue weighted by Crippen LogP contribution is -2.04. The van der Waals surface area contributed by atoms with Crippen LogP contribution < -0.4 is 0 Å². The van der Waals surface area contributed by atoms with Crippen LogP contribution >= 0.6 is 27.5 Å². The minimum Gasteiger partial charge on any atom is -0.461 e. The SMILES string of the molecule is CCOC(=O)c1cc2cc(Cl)c(Br)cc2[nH]1. The van der Waals surface area contributed by atoms with Gasteiger partial charge >= 0.3 is 5.97 Å². The molecule has 5 heteroatoms. The van der Waals surface area contributed by atoms with E-state index in [9.17, 15) is 4.79 Å². The largest absolute Gasteiger partial charge is 0.461 e. The molecule has 0 radical (unpaired) electrons. The summed E-state index contributed by atoms with van der Waals surface area (Å²) in [5, 5.41) is 1.50. The van der Waals surface area contributed by atoms with Crippen molar-refractivity contribution in [3.63, 3.8) is 0 Å². The van der Waals surface area contributed by atoms with Gasteiger partial charge in [0.25, 0.3) is 0 Å². The van der Waals surface area contributed by atoms with Crippen LogP contribution in [0.3, 0.4) is 0 Å². The van der Waals surface area contributed by atoms with Crippen molar-refractivity contribution in [2.75, 3.05) is 6.61 Å². The second kappa shape index (κ2) is 4.47. The number of carbonyl (C=O) groups is 1. The van der Waals surface area contributed by atoms with Crippen LogP contribution in [0.1, 0.15) is 17.4 Å². The Morgan fingerprint density at radius 1 is 1.50 bits per heavy atom. The fourth-order valence-corrected chi connectivity index (χ4v) is 1.96. The van der Waals surface area contributed by atoms with Crippen molar-refractivity contribution >= 4 is 44.4 Å². The van der Waals surface area contributed by atoms with Gasteiger partial charge in [0.05, 0.1) is 11.6 Å². The van der Waals surface area contributed by atoms with E-state index in [0.29, 0.717) is 17.3 Å². The molecule has 0 aliphatic carbocycles. The van der Waals surface area contributed by atoms with E-state index in [-0.39, 0.29) is 5.97 Å². The van der Waals surface area contributed by atoms with E-state index in [1.54, 1.807) is 19.1 Å². The maximum atomic E-state index is 11.5. The smallest absolute Gasteiger partial charge is 0.354 e. The molecule has 0 saturated heterocycles. The lowest BCUT2D eigenvalue weighted by molar-refractivity contribution is 0.0520. The molecule has 0 amide bonds. The third-order valence-electron chi connectivity index (χ3n) is 2.16. The van der Waals surface area contributed by atoms with E-state index in [0.717, 1.165) is 15.4 Å². The molecule has 84 valence electrons. The lowest BCUT2D eigenvalue weighted by Gasteiger charge is -1.96. The first-order valence-corrected chi connectivity index (χ1v) is 5.94. The molecule has 0 bridgehead atoms. The van der Waals surface area contributed by atoms with E-state index in [4.69, 9.17) is 16.3 Å². The number of aromatic amines is 1. The van der Waals surface area contributed by atoms with Crippen LogP contribution in [0.5, 0.6) is 0 Å². The molecule has 0 saturated carbocycles. The van der Waals surface area contributed by atoms with Crippen molar-refractivity contribution in [1.29, 1.82) is 0 Å². The summed E-state index contributed by atoms with van der Waals surface area (Å²) >= 11 is 9.29. The summed E-state index contributed by atoms with van der Waals surface area (Å²) in [6, 6.07) is 5.35. The zero-order chi connectivity index (χ0) is 11.7. The van der Waals surface area contributed by atoms with Gasteiger partial charge in [-0.05, 0) is 41.1 Å². The fraction of sp³-hybridized carbons (Fsp3) is 0.182. The van der Waals surface area contributed by atoms with Gasteiger partial charge in [-0.3, -0.25) is 0 Å². The van der Waals surface area contributed by atoms with Crippen LogP contribution in [0, 0.1) is 0 Å². The quantitative estimate of drug-likeness (QED) is 0.858. The number of nitrogens with one attached hydrogen (secondary N) is 1. The highest BCUT2D eigenvalue weighted by molar-refractivity contribution is 9.10. The average molecular weight is 303 g/mol. The number of benzene rings is 1. The first-order chi connectivity index (χ1) is 7.61. The third kappa shape index (κ3) is 2.08. The highest BCUT2D eigenvalue weighted by Gasteiger charge is 2.11. The molecule has 0 atom stereocenters. The summed E-state index contributed by atoms with van der Waals surface area (Å²) in [5.74, 6) is -0.356. The molecular weight excluding hydrogens is 293 g/mol. The molecular formula is C11H9BrClNO2. The zero-order valence-corrected chi connectivity index (χ0v) is 10.9. The number of carbonyl (C=O) groups excluding carboxylic acids is 1. The monoisotopic (exact) mass is 301 g/mol. The van der Waals surface area contributed by atoms with Crippen molar-refractivity contribution < 1.29 is 9.53 Å². The van der Waals surface area contributed by atoms with E-state index < -0.39 is 0 Å². The molecule has 0 unspecified atom stereocenters. The van der Waals surface area contributed by atoms with Crippen molar-refractivity contribution in [2.24, 2.45) is 0 Å². The Morgan fingerprint density at radius 3 is 2.94 bits per heavy atom. The van der Waals surface area contributed by atoms with Gasteiger partial charge in [-0.1, -0.05) is 11.6 Å². The number of hydrogen-bond acceptors (Lipinski definition) is 2.